The van der Waals surface area contributed by atoms with Crippen LogP contribution in [-0.2, 0) is 13.1 Å². The second kappa shape index (κ2) is 6.91. The zero-order valence-corrected chi connectivity index (χ0v) is 15.5. The van der Waals surface area contributed by atoms with E-state index in [1.165, 1.54) is 6.07 Å². The molecule has 0 spiro atoms. The monoisotopic (exact) mass is 375 g/mol. The summed E-state index contributed by atoms with van der Waals surface area (Å²) in [5.74, 6) is -0.120. The lowest BCUT2D eigenvalue weighted by molar-refractivity contribution is 0.0556. The fraction of sp³-hybridized carbons (Fsp3) is 0.261. The minimum Gasteiger partial charge on any atom is -0.337 e. The summed E-state index contributed by atoms with van der Waals surface area (Å²) in [6, 6.07) is 21.1. The summed E-state index contributed by atoms with van der Waals surface area (Å²) in [5.41, 5.74) is 2.86. The van der Waals surface area contributed by atoms with E-state index in [9.17, 15) is 9.18 Å². The first-order valence-corrected chi connectivity index (χ1v) is 9.67. The number of nitrogens with zero attached hydrogens (tertiary/aromatic N) is 3. The lowest BCUT2D eigenvalue weighted by atomic mass is 10.0. The number of rotatable bonds is 4. The van der Waals surface area contributed by atoms with Gasteiger partial charge in [-0.15, -0.1) is 0 Å². The van der Waals surface area contributed by atoms with E-state index >= 15 is 0 Å². The molecule has 28 heavy (non-hydrogen) atoms. The fourth-order valence-corrected chi connectivity index (χ4v) is 4.58. The van der Waals surface area contributed by atoms with Gasteiger partial charge in [0, 0.05) is 32.4 Å². The maximum Gasteiger partial charge on any atom is 0.271 e. The van der Waals surface area contributed by atoms with Crippen molar-refractivity contribution in [1.29, 1.82) is 0 Å². The van der Waals surface area contributed by atoms with Gasteiger partial charge in [-0.1, -0.05) is 42.5 Å². The number of carbonyl (C=O) groups is 1. The lowest BCUT2D eigenvalue weighted by Crippen LogP contribution is -2.49. The van der Waals surface area contributed by atoms with E-state index in [0.29, 0.717) is 13.1 Å². The quantitative estimate of drug-likeness (QED) is 0.696. The van der Waals surface area contributed by atoms with Gasteiger partial charge in [-0.2, -0.15) is 0 Å². The summed E-state index contributed by atoms with van der Waals surface area (Å²) in [7, 11) is 0. The Morgan fingerprint density at radius 2 is 1.64 bits per heavy atom. The molecule has 2 aliphatic heterocycles. The largest absolute Gasteiger partial charge is 0.337 e. The Labute approximate surface area is 163 Å². The maximum atomic E-state index is 13.6. The van der Waals surface area contributed by atoms with Crippen molar-refractivity contribution < 1.29 is 9.18 Å². The van der Waals surface area contributed by atoms with Crippen LogP contribution in [0.5, 0.6) is 0 Å². The first-order chi connectivity index (χ1) is 13.7. The summed E-state index contributed by atoms with van der Waals surface area (Å²) in [6.07, 6.45) is 2.01. The van der Waals surface area contributed by atoms with Crippen LogP contribution in [0.2, 0.25) is 0 Å². The van der Waals surface area contributed by atoms with Gasteiger partial charge in [0.2, 0.25) is 0 Å². The van der Waals surface area contributed by atoms with Crippen LogP contribution in [0.1, 0.15) is 27.7 Å². The van der Waals surface area contributed by atoms with Crippen molar-refractivity contribution in [1.82, 2.24) is 14.4 Å². The number of likely N-dealkylation sites (tertiary alicyclic amines) is 1. The van der Waals surface area contributed by atoms with Crippen LogP contribution < -0.4 is 0 Å². The molecule has 1 amide bonds. The molecule has 5 heteroatoms. The predicted octanol–water partition coefficient (Wildman–Crippen LogP) is 3.71. The zero-order chi connectivity index (χ0) is 19.1. The molecule has 142 valence electrons. The van der Waals surface area contributed by atoms with Crippen LogP contribution >= 0.6 is 0 Å². The van der Waals surface area contributed by atoms with Crippen LogP contribution in [-0.4, -0.2) is 39.4 Å². The molecule has 0 bridgehead atoms. The third-order valence-corrected chi connectivity index (χ3v) is 5.84. The molecular formula is C23H22FN3O. The molecule has 1 saturated heterocycles. The van der Waals surface area contributed by atoms with E-state index in [1.54, 1.807) is 12.1 Å². The van der Waals surface area contributed by atoms with Gasteiger partial charge >= 0.3 is 0 Å². The first-order valence-electron chi connectivity index (χ1n) is 9.67. The topological polar surface area (TPSA) is 28.5 Å². The number of hydrogen-bond donors (Lipinski definition) is 0. The number of hydrogen-bond acceptors (Lipinski definition) is 2. The van der Waals surface area contributed by atoms with Gasteiger partial charge in [-0.05, 0) is 35.4 Å². The highest BCUT2D eigenvalue weighted by Crippen LogP contribution is 2.35. The van der Waals surface area contributed by atoms with Gasteiger partial charge < -0.3 is 9.47 Å². The second-order valence-electron chi connectivity index (χ2n) is 7.68. The number of halogens is 1. The molecule has 4 nitrogen and oxygen atoms in total. The van der Waals surface area contributed by atoms with E-state index < -0.39 is 0 Å². The average molecular weight is 375 g/mol. The molecule has 3 heterocycles. The van der Waals surface area contributed by atoms with Gasteiger partial charge in [0.15, 0.2) is 0 Å². The van der Waals surface area contributed by atoms with Crippen LogP contribution in [0.15, 0.2) is 72.9 Å². The van der Waals surface area contributed by atoms with Gasteiger partial charge in [0.05, 0.1) is 12.1 Å². The zero-order valence-electron chi connectivity index (χ0n) is 15.5. The van der Waals surface area contributed by atoms with E-state index in [2.05, 4.69) is 21.6 Å². The van der Waals surface area contributed by atoms with Crippen molar-refractivity contribution >= 4 is 5.91 Å². The summed E-state index contributed by atoms with van der Waals surface area (Å²) in [4.78, 5) is 17.5. The number of benzene rings is 2. The Hall–Kier alpha value is -2.92. The molecule has 2 aliphatic rings. The molecule has 5 rings (SSSR count). The number of aromatic nitrogens is 1. The molecule has 0 radical (unpaired) electrons. The number of carbonyl (C=O) groups excluding carboxylic acids is 1. The minimum absolute atomic E-state index is 0.0858. The SMILES string of the molecule is O=C1c2cccn2C2CN(Cc3cccc(F)c3)CC2N1Cc1ccccc1. The van der Waals surface area contributed by atoms with Crippen LogP contribution in [0, 0.1) is 5.82 Å². The van der Waals surface area contributed by atoms with Crippen LogP contribution in [0.3, 0.4) is 0 Å². The van der Waals surface area contributed by atoms with Crippen molar-refractivity contribution in [2.45, 2.75) is 25.2 Å². The molecule has 1 aromatic heterocycles. The van der Waals surface area contributed by atoms with Gasteiger partial charge in [0.1, 0.15) is 11.5 Å². The van der Waals surface area contributed by atoms with Crippen molar-refractivity contribution in [3.8, 4) is 0 Å². The standard InChI is InChI=1S/C23H22FN3O/c24-19-9-4-8-18(12-19)13-25-15-21-22(16-25)27(14-17-6-2-1-3-7-17)23(28)20-10-5-11-26(20)21/h1-12,21-22H,13-16H2. The molecule has 0 N–H and O–H groups in total. The number of amides is 1. The Kier molecular flexibility index (Phi) is 4.24. The molecule has 1 fully saturated rings. The highest BCUT2D eigenvalue weighted by Gasteiger charge is 2.44. The fourth-order valence-electron chi connectivity index (χ4n) is 4.58. The Bertz CT molecular complexity index is 1000. The minimum atomic E-state index is -0.206. The summed E-state index contributed by atoms with van der Waals surface area (Å²) in [5, 5.41) is 0. The molecule has 0 saturated carbocycles. The molecule has 2 unspecified atom stereocenters. The Morgan fingerprint density at radius 1 is 0.857 bits per heavy atom. The first kappa shape index (κ1) is 17.2. The molecule has 2 aromatic carbocycles. The van der Waals surface area contributed by atoms with Gasteiger partial charge in [-0.3, -0.25) is 9.69 Å². The lowest BCUT2D eigenvalue weighted by Gasteiger charge is -2.38. The van der Waals surface area contributed by atoms with E-state index in [-0.39, 0.29) is 23.8 Å². The van der Waals surface area contributed by atoms with Gasteiger partial charge in [-0.25, -0.2) is 4.39 Å². The molecular weight excluding hydrogens is 353 g/mol. The van der Waals surface area contributed by atoms with E-state index in [0.717, 1.165) is 29.9 Å². The van der Waals surface area contributed by atoms with Crippen LogP contribution in [0.25, 0.3) is 0 Å². The van der Waals surface area contributed by atoms with Gasteiger partial charge in [0.25, 0.3) is 5.91 Å². The summed E-state index contributed by atoms with van der Waals surface area (Å²) < 4.78 is 15.7. The summed E-state index contributed by atoms with van der Waals surface area (Å²) >= 11 is 0. The molecule has 2 atom stereocenters. The smallest absolute Gasteiger partial charge is 0.271 e. The average Bonchev–Trinajstić information content (AvgIpc) is 3.33. The summed E-state index contributed by atoms with van der Waals surface area (Å²) in [6.45, 7) is 2.94. The van der Waals surface area contributed by atoms with E-state index in [4.69, 9.17) is 0 Å². The third-order valence-electron chi connectivity index (χ3n) is 5.84. The second-order valence-corrected chi connectivity index (χ2v) is 7.68. The predicted molar refractivity (Wildman–Crippen MR) is 105 cm³/mol. The maximum absolute atomic E-state index is 13.6. The Morgan fingerprint density at radius 3 is 2.46 bits per heavy atom. The van der Waals surface area contributed by atoms with E-state index in [1.807, 2.05) is 47.5 Å². The third kappa shape index (κ3) is 3.02. The van der Waals surface area contributed by atoms with Crippen molar-refractivity contribution in [3.05, 3.63) is 95.6 Å². The normalized spacial score (nSPS) is 21.6. The van der Waals surface area contributed by atoms with Crippen molar-refractivity contribution in [2.24, 2.45) is 0 Å². The molecule has 3 aromatic rings. The molecule has 0 aliphatic carbocycles. The highest BCUT2D eigenvalue weighted by molar-refractivity contribution is 5.94. The van der Waals surface area contributed by atoms with Crippen LogP contribution in [0.4, 0.5) is 4.39 Å². The highest BCUT2D eigenvalue weighted by atomic mass is 19.1. The number of fused-ring (bicyclic) bond motifs is 3. The Balaban J connectivity index is 1.43. The van der Waals surface area contributed by atoms with Crippen molar-refractivity contribution in [2.75, 3.05) is 13.1 Å². The van der Waals surface area contributed by atoms with Crippen molar-refractivity contribution in [3.63, 3.8) is 0 Å².